The Kier molecular flexibility index (Phi) is 4.17. The van der Waals surface area contributed by atoms with Crippen LogP contribution < -0.4 is 4.90 Å². The maximum absolute atomic E-state index is 13.0. The lowest BCUT2D eigenvalue weighted by molar-refractivity contribution is -0.118. The lowest BCUT2D eigenvalue weighted by atomic mass is 10.1. The Morgan fingerprint density at radius 1 is 1.00 bits per heavy atom. The van der Waals surface area contributed by atoms with Crippen LogP contribution in [0.4, 0.5) is 5.69 Å². The smallest absolute Gasteiger partial charge is 0.246 e. The van der Waals surface area contributed by atoms with Crippen LogP contribution in [-0.2, 0) is 17.8 Å². The Hall–Kier alpha value is -3.14. The van der Waals surface area contributed by atoms with Crippen LogP contribution in [-0.4, -0.2) is 22.5 Å². The zero-order valence-electron chi connectivity index (χ0n) is 15.0. The normalized spacial score (nSPS) is 11.2. The third-order valence-electron chi connectivity index (χ3n) is 4.85. The summed E-state index contributed by atoms with van der Waals surface area (Å²) in [6.07, 6.45) is 0.792. The number of hydrogen-bond donors (Lipinski definition) is 0. The summed E-state index contributed by atoms with van der Waals surface area (Å²) in [5, 5.41) is 2.21. The molecule has 0 fully saturated rings. The predicted molar refractivity (Wildman–Crippen MR) is 106 cm³/mol. The number of carbonyl (C=O) groups is 1. The van der Waals surface area contributed by atoms with Crippen LogP contribution in [0.3, 0.4) is 0 Å². The van der Waals surface area contributed by atoms with Crippen molar-refractivity contribution in [3.05, 3.63) is 72.6 Å². The van der Waals surface area contributed by atoms with Crippen molar-refractivity contribution in [2.45, 2.75) is 19.9 Å². The van der Waals surface area contributed by atoms with Crippen LogP contribution in [0, 0.1) is 0 Å². The van der Waals surface area contributed by atoms with Gasteiger partial charge in [0.05, 0.1) is 16.7 Å². The van der Waals surface area contributed by atoms with Gasteiger partial charge in [-0.3, -0.25) is 4.79 Å². The first-order chi connectivity index (χ1) is 12.7. The lowest BCUT2D eigenvalue weighted by Crippen LogP contribution is -2.30. The van der Waals surface area contributed by atoms with Gasteiger partial charge in [0, 0.05) is 18.9 Å². The van der Waals surface area contributed by atoms with Crippen LogP contribution in [0.25, 0.3) is 21.8 Å². The number of benzene rings is 3. The number of imidazole rings is 1. The van der Waals surface area contributed by atoms with E-state index in [1.165, 1.54) is 0 Å². The van der Waals surface area contributed by atoms with Crippen molar-refractivity contribution in [2.24, 2.45) is 0 Å². The maximum Gasteiger partial charge on any atom is 0.246 e. The molecule has 0 saturated carbocycles. The molecule has 0 N–H and O–H groups in total. The fourth-order valence-electron chi connectivity index (χ4n) is 3.45. The minimum Gasteiger partial charge on any atom is -0.318 e. The standard InChI is InChI=1S/C22H21N3O/c1-3-21-23-18-12-6-7-13-20(18)25(21)15-22(26)24(2)19-14-8-10-16-9-4-5-11-17(16)19/h4-14H,3,15H2,1-2H3. The molecule has 0 radical (unpaired) electrons. The number of hydrogen-bond acceptors (Lipinski definition) is 2. The number of aryl methyl sites for hydroxylation is 1. The summed E-state index contributed by atoms with van der Waals surface area (Å²) in [6, 6.07) is 22.2. The first kappa shape index (κ1) is 16.3. The lowest BCUT2D eigenvalue weighted by Gasteiger charge is -2.20. The zero-order chi connectivity index (χ0) is 18.1. The van der Waals surface area contributed by atoms with Gasteiger partial charge in [0.2, 0.25) is 5.91 Å². The molecule has 4 nitrogen and oxygen atoms in total. The van der Waals surface area contributed by atoms with Crippen LogP contribution >= 0.6 is 0 Å². The van der Waals surface area contributed by atoms with Gasteiger partial charge in [-0.1, -0.05) is 55.5 Å². The molecule has 1 aromatic heterocycles. The fraction of sp³-hybridized carbons (Fsp3) is 0.182. The average molecular weight is 343 g/mol. The molecule has 0 aliphatic rings. The van der Waals surface area contributed by atoms with E-state index in [9.17, 15) is 4.79 Å². The highest BCUT2D eigenvalue weighted by Crippen LogP contribution is 2.26. The number of aromatic nitrogens is 2. The molecule has 1 amide bonds. The molecule has 0 bridgehead atoms. The summed E-state index contributed by atoms with van der Waals surface area (Å²) in [7, 11) is 1.84. The molecule has 0 aliphatic heterocycles. The van der Waals surface area contributed by atoms with Crippen molar-refractivity contribution in [1.82, 2.24) is 9.55 Å². The number of nitrogens with zero attached hydrogens (tertiary/aromatic N) is 3. The van der Waals surface area contributed by atoms with Gasteiger partial charge in [-0.2, -0.15) is 0 Å². The number of fused-ring (bicyclic) bond motifs is 2. The number of likely N-dealkylation sites (N-methyl/N-ethyl adjacent to an activating group) is 1. The van der Waals surface area contributed by atoms with Crippen LogP contribution in [0.2, 0.25) is 0 Å². The zero-order valence-corrected chi connectivity index (χ0v) is 15.0. The molecule has 3 aromatic carbocycles. The summed E-state index contributed by atoms with van der Waals surface area (Å²) in [6.45, 7) is 2.35. The topological polar surface area (TPSA) is 38.1 Å². The maximum atomic E-state index is 13.0. The van der Waals surface area contributed by atoms with Gasteiger partial charge in [0.1, 0.15) is 12.4 Å². The van der Waals surface area contributed by atoms with Gasteiger partial charge < -0.3 is 9.47 Å². The molecule has 0 unspecified atom stereocenters. The van der Waals surface area contributed by atoms with Crippen LogP contribution in [0.5, 0.6) is 0 Å². The summed E-state index contributed by atoms with van der Waals surface area (Å²) in [4.78, 5) is 19.4. The van der Waals surface area contributed by atoms with Crippen molar-refractivity contribution in [3.63, 3.8) is 0 Å². The molecule has 0 atom stereocenters. The minimum atomic E-state index is 0.0409. The summed E-state index contributed by atoms with van der Waals surface area (Å²) < 4.78 is 2.03. The second kappa shape index (κ2) is 6.64. The first-order valence-electron chi connectivity index (χ1n) is 8.87. The summed E-state index contributed by atoms with van der Waals surface area (Å²) >= 11 is 0. The highest BCUT2D eigenvalue weighted by atomic mass is 16.2. The van der Waals surface area contributed by atoms with Gasteiger partial charge in [0.25, 0.3) is 0 Å². The van der Waals surface area contributed by atoms with E-state index in [2.05, 4.69) is 30.1 Å². The number of anilines is 1. The van der Waals surface area contributed by atoms with Crippen molar-refractivity contribution in [2.75, 3.05) is 11.9 Å². The van der Waals surface area contributed by atoms with E-state index in [-0.39, 0.29) is 12.5 Å². The monoisotopic (exact) mass is 343 g/mol. The van der Waals surface area contributed by atoms with E-state index >= 15 is 0 Å². The Labute approximate surface area is 152 Å². The van der Waals surface area contributed by atoms with E-state index < -0.39 is 0 Å². The van der Waals surface area contributed by atoms with Gasteiger partial charge >= 0.3 is 0 Å². The molecule has 130 valence electrons. The van der Waals surface area contributed by atoms with E-state index in [0.29, 0.717) is 0 Å². The van der Waals surface area contributed by atoms with Gasteiger partial charge in [-0.15, -0.1) is 0 Å². The van der Waals surface area contributed by atoms with Gasteiger partial charge in [0.15, 0.2) is 0 Å². The second-order valence-corrected chi connectivity index (χ2v) is 6.41. The summed E-state index contributed by atoms with van der Waals surface area (Å²) in [5.41, 5.74) is 2.87. The number of para-hydroxylation sites is 2. The molecule has 4 heteroatoms. The third kappa shape index (κ3) is 2.73. The first-order valence-corrected chi connectivity index (χ1v) is 8.87. The van der Waals surface area contributed by atoms with Gasteiger partial charge in [-0.05, 0) is 23.6 Å². The Balaban J connectivity index is 1.70. The Morgan fingerprint density at radius 3 is 2.58 bits per heavy atom. The molecule has 1 heterocycles. The molecule has 4 rings (SSSR count). The van der Waals surface area contributed by atoms with Crippen LogP contribution in [0.15, 0.2) is 66.7 Å². The average Bonchev–Trinajstić information content (AvgIpc) is 3.04. The molecule has 26 heavy (non-hydrogen) atoms. The second-order valence-electron chi connectivity index (χ2n) is 6.41. The van der Waals surface area contributed by atoms with Crippen molar-refractivity contribution in [3.8, 4) is 0 Å². The minimum absolute atomic E-state index is 0.0409. The Bertz CT molecular complexity index is 1090. The molecule has 4 aromatic rings. The third-order valence-corrected chi connectivity index (χ3v) is 4.85. The number of amides is 1. The molecule has 0 saturated heterocycles. The van der Waals surface area contributed by atoms with Crippen molar-refractivity contribution in [1.29, 1.82) is 0 Å². The number of rotatable bonds is 4. The summed E-state index contributed by atoms with van der Waals surface area (Å²) in [5.74, 6) is 0.977. The van der Waals surface area contributed by atoms with E-state index in [1.807, 2.05) is 60.1 Å². The quantitative estimate of drug-likeness (QED) is 0.550. The van der Waals surface area contributed by atoms with E-state index in [1.54, 1.807) is 4.90 Å². The van der Waals surface area contributed by atoms with Crippen LogP contribution in [0.1, 0.15) is 12.7 Å². The van der Waals surface area contributed by atoms with E-state index in [4.69, 9.17) is 0 Å². The molecular formula is C22H21N3O. The SMILES string of the molecule is CCc1nc2ccccc2n1CC(=O)N(C)c1cccc2ccccc12. The van der Waals surface area contributed by atoms with Gasteiger partial charge in [-0.25, -0.2) is 4.98 Å². The predicted octanol–water partition coefficient (Wildman–Crippen LogP) is 4.41. The van der Waals surface area contributed by atoms with Crippen molar-refractivity contribution < 1.29 is 4.79 Å². The van der Waals surface area contributed by atoms with Crippen molar-refractivity contribution >= 4 is 33.4 Å². The number of carbonyl (C=O) groups excluding carboxylic acids is 1. The highest BCUT2D eigenvalue weighted by Gasteiger charge is 2.17. The molecular weight excluding hydrogens is 322 g/mol. The largest absolute Gasteiger partial charge is 0.318 e. The molecule has 0 aliphatic carbocycles. The Morgan fingerprint density at radius 2 is 1.73 bits per heavy atom. The van der Waals surface area contributed by atoms with E-state index in [0.717, 1.165) is 39.7 Å². The fourth-order valence-corrected chi connectivity index (χ4v) is 3.45. The highest BCUT2D eigenvalue weighted by molar-refractivity contribution is 6.03. The molecule has 0 spiro atoms.